The second-order valence-corrected chi connectivity index (χ2v) is 5.63. The molecule has 142 valence electrons. The monoisotopic (exact) mass is 370 g/mol. The first kappa shape index (κ1) is 19.3. The molecule has 0 spiro atoms. The van der Waals surface area contributed by atoms with Crippen molar-refractivity contribution in [2.75, 3.05) is 28.4 Å². The van der Waals surface area contributed by atoms with Crippen molar-refractivity contribution in [2.45, 2.75) is 0 Å². The normalized spacial score (nSPS) is 27.1. The molecule has 0 amide bonds. The Labute approximate surface area is 148 Å². The van der Waals surface area contributed by atoms with Crippen LogP contribution in [0.2, 0.25) is 0 Å². The number of aliphatic hydroxyl groups is 2. The van der Waals surface area contributed by atoms with Crippen LogP contribution < -0.4 is 0 Å². The third-order valence-electron chi connectivity index (χ3n) is 4.63. The van der Waals surface area contributed by atoms with Gasteiger partial charge in [-0.25, -0.2) is 9.59 Å². The summed E-state index contributed by atoms with van der Waals surface area (Å²) in [7, 11) is 4.18. The van der Waals surface area contributed by atoms with Gasteiger partial charge in [-0.05, 0) is 0 Å². The summed E-state index contributed by atoms with van der Waals surface area (Å²) in [5, 5.41) is 20.9. The second kappa shape index (κ2) is 7.06. The Morgan fingerprint density at radius 1 is 0.654 bits per heavy atom. The number of hydrogen-bond acceptors (Lipinski definition) is 10. The molecule has 0 aromatic heterocycles. The van der Waals surface area contributed by atoms with Crippen LogP contribution in [0.4, 0.5) is 0 Å². The smallest absolute Gasteiger partial charge is 0.337 e. The van der Waals surface area contributed by atoms with E-state index in [4.69, 9.17) is 0 Å². The number of methoxy groups -OCH3 is 4. The highest BCUT2D eigenvalue weighted by Crippen LogP contribution is 2.56. The van der Waals surface area contributed by atoms with E-state index < -0.39 is 70.2 Å². The SMILES string of the molecule is COC(=O)C1=C(O)[C@@H](C(=O)OC)[C@H]2C(C(=O)OC)=C(O)[C@@H](C(=O)OC)[C@@H]12. The minimum atomic E-state index is -1.50. The zero-order valence-electron chi connectivity index (χ0n) is 14.5. The minimum absolute atomic E-state index is 0.409. The van der Waals surface area contributed by atoms with Gasteiger partial charge in [-0.1, -0.05) is 0 Å². The van der Waals surface area contributed by atoms with E-state index in [0.717, 1.165) is 28.4 Å². The predicted molar refractivity (Wildman–Crippen MR) is 81.3 cm³/mol. The van der Waals surface area contributed by atoms with Gasteiger partial charge in [-0.15, -0.1) is 0 Å². The van der Waals surface area contributed by atoms with E-state index in [-0.39, 0.29) is 0 Å². The fourth-order valence-corrected chi connectivity index (χ4v) is 3.60. The van der Waals surface area contributed by atoms with E-state index in [2.05, 4.69) is 18.9 Å². The fourth-order valence-electron chi connectivity index (χ4n) is 3.60. The number of carbonyl (C=O) groups excluding carboxylic acids is 4. The number of aliphatic hydroxyl groups excluding tert-OH is 2. The van der Waals surface area contributed by atoms with E-state index >= 15 is 0 Å². The quantitative estimate of drug-likeness (QED) is 0.503. The van der Waals surface area contributed by atoms with E-state index in [9.17, 15) is 29.4 Å². The Hall–Kier alpha value is -3.04. The van der Waals surface area contributed by atoms with Gasteiger partial charge < -0.3 is 29.2 Å². The van der Waals surface area contributed by atoms with Gasteiger partial charge in [0.1, 0.15) is 23.4 Å². The molecule has 0 radical (unpaired) electrons. The molecule has 2 aliphatic rings. The summed E-state index contributed by atoms with van der Waals surface area (Å²) in [6, 6.07) is 0. The van der Waals surface area contributed by atoms with Crippen LogP contribution >= 0.6 is 0 Å². The lowest BCUT2D eigenvalue weighted by Gasteiger charge is -2.21. The molecule has 0 bridgehead atoms. The van der Waals surface area contributed by atoms with Crippen LogP contribution in [-0.2, 0) is 38.1 Å². The standard InChI is InChI=1S/C16H18O10/c1-23-13(19)7-5-6(9(11(7)17)15(21)25-3)10(16(22)26-4)12(18)8(5)14(20)24-2/h5-7,10,17-18H,1-4H3/t5-,6+,7-,10-/m0/s1. The molecule has 10 nitrogen and oxygen atoms in total. The van der Waals surface area contributed by atoms with Gasteiger partial charge in [0, 0.05) is 11.8 Å². The van der Waals surface area contributed by atoms with Crippen LogP contribution in [0.3, 0.4) is 0 Å². The predicted octanol–water partition coefficient (Wildman–Crippen LogP) is -0.205. The summed E-state index contributed by atoms with van der Waals surface area (Å²) in [6.07, 6.45) is 0. The van der Waals surface area contributed by atoms with Crippen molar-refractivity contribution in [1.29, 1.82) is 0 Å². The molecule has 0 saturated carbocycles. The molecule has 4 atom stereocenters. The summed E-state index contributed by atoms with van der Waals surface area (Å²) in [6.45, 7) is 0. The Morgan fingerprint density at radius 3 is 1.19 bits per heavy atom. The van der Waals surface area contributed by atoms with Crippen molar-refractivity contribution in [3.05, 3.63) is 22.7 Å². The fraction of sp³-hybridized carbons (Fsp3) is 0.500. The molecule has 0 aliphatic heterocycles. The molecular formula is C16H18O10. The minimum Gasteiger partial charge on any atom is -0.511 e. The van der Waals surface area contributed by atoms with Gasteiger partial charge in [0.05, 0.1) is 39.6 Å². The molecule has 0 fully saturated rings. The number of ether oxygens (including phenoxy) is 4. The molecule has 2 rings (SSSR count). The molecule has 0 heterocycles. The maximum absolute atomic E-state index is 12.2. The Bertz CT molecular complexity index is 669. The van der Waals surface area contributed by atoms with Crippen LogP contribution in [0.1, 0.15) is 0 Å². The van der Waals surface area contributed by atoms with E-state index in [1.165, 1.54) is 0 Å². The van der Waals surface area contributed by atoms with E-state index in [1.54, 1.807) is 0 Å². The third kappa shape index (κ3) is 2.57. The first-order valence-corrected chi connectivity index (χ1v) is 7.45. The van der Waals surface area contributed by atoms with Crippen LogP contribution in [-0.4, -0.2) is 62.5 Å². The maximum Gasteiger partial charge on any atom is 0.337 e. The first-order chi connectivity index (χ1) is 12.3. The lowest BCUT2D eigenvalue weighted by Crippen LogP contribution is -2.32. The van der Waals surface area contributed by atoms with Gasteiger partial charge in [-0.3, -0.25) is 9.59 Å². The van der Waals surface area contributed by atoms with Crippen molar-refractivity contribution >= 4 is 23.9 Å². The maximum atomic E-state index is 12.2. The first-order valence-electron chi connectivity index (χ1n) is 7.45. The second-order valence-electron chi connectivity index (χ2n) is 5.63. The number of hydrogen-bond donors (Lipinski definition) is 2. The molecular weight excluding hydrogens is 352 g/mol. The van der Waals surface area contributed by atoms with Crippen molar-refractivity contribution in [1.82, 2.24) is 0 Å². The van der Waals surface area contributed by atoms with Gasteiger partial charge in [0.15, 0.2) is 0 Å². The van der Waals surface area contributed by atoms with E-state index in [1.807, 2.05) is 0 Å². The molecule has 2 N–H and O–H groups in total. The number of carbonyl (C=O) groups is 4. The topological polar surface area (TPSA) is 146 Å². The lowest BCUT2D eigenvalue weighted by molar-refractivity contribution is -0.150. The molecule has 0 saturated heterocycles. The summed E-state index contributed by atoms with van der Waals surface area (Å²) in [5.74, 6) is -10.8. The number of rotatable bonds is 4. The highest BCUT2D eigenvalue weighted by Gasteiger charge is 2.63. The molecule has 2 aliphatic carbocycles. The van der Waals surface area contributed by atoms with Crippen molar-refractivity contribution in [3.8, 4) is 0 Å². The van der Waals surface area contributed by atoms with Crippen molar-refractivity contribution < 1.29 is 48.3 Å². The Morgan fingerprint density at radius 2 is 0.962 bits per heavy atom. The van der Waals surface area contributed by atoms with Gasteiger partial charge in [0.2, 0.25) is 0 Å². The number of esters is 4. The van der Waals surface area contributed by atoms with Crippen LogP contribution in [0.15, 0.2) is 22.7 Å². The molecule has 26 heavy (non-hydrogen) atoms. The zero-order chi connectivity index (χ0) is 19.8. The lowest BCUT2D eigenvalue weighted by atomic mass is 9.81. The molecule has 10 heteroatoms. The van der Waals surface area contributed by atoms with Gasteiger partial charge in [-0.2, -0.15) is 0 Å². The van der Waals surface area contributed by atoms with Crippen molar-refractivity contribution in [2.24, 2.45) is 23.7 Å². The number of fused-ring (bicyclic) bond motifs is 1. The van der Waals surface area contributed by atoms with E-state index in [0.29, 0.717) is 0 Å². The Kier molecular flexibility index (Phi) is 5.24. The zero-order valence-corrected chi connectivity index (χ0v) is 14.5. The van der Waals surface area contributed by atoms with Crippen LogP contribution in [0.5, 0.6) is 0 Å². The molecule has 0 aromatic carbocycles. The summed E-state index contributed by atoms with van der Waals surface area (Å²) in [4.78, 5) is 48.7. The highest BCUT2D eigenvalue weighted by atomic mass is 16.5. The molecule has 0 aromatic rings. The van der Waals surface area contributed by atoms with Gasteiger partial charge >= 0.3 is 23.9 Å². The average Bonchev–Trinajstić information content (AvgIpc) is 3.08. The molecule has 0 unspecified atom stereocenters. The van der Waals surface area contributed by atoms with Crippen molar-refractivity contribution in [3.63, 3.8) is 0 Å². The average molecular weight is 370 g/mol. The summed E-state index contributed by atoms with van der Waals surface area (Å²) < 4.78 is 18.5. The van der Waals surface area contributed by atoms with Crippen LogP contribution in [0, 0.1) is 23.7 Å². The largest absolute Gasteiger partial charge is 0.511 e. The Balaban J connectivity index is 2.74. The van der Waals surface area contributed by atoms with Crippen LogP contribution in [0.25, 0.3) is 0 Å². The summed E-state index contributed by atoms with van der Waals surface area (Å²) in [5.41, 5.74) is -0.817. The summed E-state index contributed by atoms with van der Waals surface area (Å²) >= 11 is 0. The highest BCUT2D eigenvalue weighted by molar-refractivity contribution is 6.00. The van der Waals surface area contributed by atoms with Gasteiger partial charge in [0.25, 0.3) is 0 Å². The third-order valence-corrected chi connectivity index (χ3v) is 4.63.